The molecule has 0 amide bonds. The molecule has 1 aromatic heterocycles. The van der Waals surface area contributed by atoms with Crippen LogP contribution in [-0.4, -0.2) is 31.8 Å². The highest BCUT2D eigenvalue weighted by molar-refractivity contribution is 7.90. The summed E-state index contributed by atoms with van der Waals surface area (Å²) in [5.74, 6) is -0.382. The molecule has 0 radical (unpaired) electrons. The van der Waals surface area contributed by atoms with Crippen molar-refractivity contribution in [2.45, 2.75) is 18.4 Å². The van der Waals surface area contributed by atoms with Crippen molar-refractivity contribution in [3.05, 3.63) is 90.0 Å². The number of benzene rings is 3. The van der Waals surface area contributed by atoms with Crippen molar-refractivity contribution in [1.82, 2.24) is 4.57 Å². The third-order valence-electron chi connectivity index (χ3n) is 5.47. The molecule has 0 N–H and O–H groups in total. The number of carbonyl (C=O) groups excluding carboxylic acids is 1. The van der Waals surface area contributed by atoms with Gasteiger partial charge in [-0.1, -0.05) is 55.1 Å². The Morgan fingerprint density at radius 1 is 0.939 bits per heavy atom. The van der Waals surface area contributed by atoms with Crippen LogP contribution >= 0.6 is 0 Å². The zero-order valence-electron chi connectivity index (χ0n) is 18.6. The smallest absolute Gasteiger partial charge is 0.333 e. The van der Waals surface area contributed by atoms with Crippen molar-refractivity contribution in [1.29, 1.82) is 0 Å². The monoisotopic (exact) mass is 459 g/mol. The van der Waals surface area contributed by atoms with E-state index in [0.717, 1.165) is 32.9 Å². The molecule has 0 aliphatic carbocycles. The molecule has 1 heterocycles. The van der Waals surface area contributed by atoms with E-state index in [-0.39, 0.29) is 12.6 Å². The molecule has 0 spiro atoms. The molecule has 168 valence electrons. The fraction of sp³-hybridized carbons (Fsp3) is 0.148. The van der Waals surface area contributed by atoms with Crippen LogP contribution in [-0.2, 0) is 25.9 Å². The van der Waals surface area contributed by atoms with Crippen molar-refractivity contribution in [3.8, 4) is 0 Å². The first-order valence-corrected chi connectivity index (χ1v) is 12.4. The molecule has 0 bridgehead atoms. The summed E-state index contributed by atoms with van der Waals surface area (Å²) in [6.07, 6.45) is 5.17. The Bertz CT molecular complexity index is 1490. The lowest BCUT2D eigenvalue weighted by Gasteiger charge is -2.09. The van der Waals surface area contributed by atoms with Gasteiger partial charge >= 0.3 is 5.97 Å². The summed E-state index contributed by atoms with van der Waals surface area (Å²) in [4.78, 5) is 12.0. The van der Waals surface area contributed by atoms with Gasteiger partial charge in [0.05, 0.1) is 11.4 Å². The molecule has 6 heteroatoms. The number of nitrogens with zero attached hydrogens (tertiary/aromatic N) is 1. The predicted molar refractivity (Wildman–Crippen MR) is 134 cm³/mol. The lowest BCUT2D eigenvalue weighted by molar-refractivity contribution is -0.139. The summed E-state index contributed by atoms with van der Waals surface area (Å²) < 4.78 is 30.7. The second-order valence-electron chi connectivity index (χ2n) is 8.04. The number of rotatable bonds is 7. The van der Waals surface area contributed by atoms with Crippen LogP contribution in [0, 0.1) is 0 Å². The number of para-hydroxylation sites is 1. The number of ether oxygens (including phenoxy) is 1. The number of hydrogen-bond acceptors (Lipinski definition) is 4. The number of carbonyl (C=O) groups is 1. The maximum atomic E-state index is 11.7. The average Bonchev–Trinajstić information content (AvgIpc) is 3.10. The molecule has 0 fully saturated rings. The number of aromatic nitrogens is 1. The van der Waals surface area contributed by atoms with Crippen molar-refractivity contribution >= 4 is 49.8 Å². The van der Waals surface area contributed by atoms with Crippen LogP contribution in [0.1, 0.15) is 18.1 Å². The zero-order valence-corrected chi connectivity index (χ0v) is 19.4. The summed E-state index contributed by atoms with van der Waals surface area (Å²) in [5.41, 5.74) is 4.49. The highest BCUT2D eigenvalue weighted by Crippen LogP contribution is 2.30. The van der Waals surface area contributed by atoms with Crippen molar-refractivity contribution in [2.24, 2.45) is 0 Å². The summed E-state index contributed by atoms with van der Waals surface area (Å²) in [5, 5.41) is 2.25. The van der Waals surface area contributed by atoms with Gasteiger partial charge in [-0.3, -0.25) is 0 Å². The molecular formula is C27H25NO4S. The highest BCUT2D eigenvalue weighted by Gasteiger charge is 2.11. The summed E-state index contributed by atoms with van der Waals surface area (Å²) in [6, 6.07) is 21.2. The Hall–Kier alpha value is -3.64. The van der Waals surface area contributed by atoms with E-state index in [9.17, 15) is 13.2 Å². The van der Waals surface area contributed by atoms with Gasteiger partial charge in [0.2, 0.25) is 0 Å². The Balaban J connectivity index is 1.63. The molecule has 0 aliphatic heterocycles. The van der Waals surface area contributed by atoms with Gasteiger partial charge in [-0.2, -0.15) is 0 Å². The SMILES string of the molecule is C=C(C)C(=O)OCCn1c2ccccc2c2cc(/C=C/c3ccc(S(C)(=O)=O)cc3)ccc21. The van der Waals surface area contributed by atoms with Crippen LogP contribution in [0.25, 0.3) is 34.0 Å². The third-order valence-corrected chi connectivity index (χ3v) is 6.60. The van der Waals surface area contributed by atoms with Gasteiger partial charge in [-0.25, -0.2) is 13.2 Å². The summed E-state index contributed by atoms with van der Waals surface area (Å²) >= 11 is 0. The molecule has 0 saturated heterocycles. The number of sulfone groups is 1. The topological polar surface area (TPSA) is 65.4 Å². The normalized spacial score (nSPS) is 11.9. The van der Waals surface area contributed by atoms with E-state index in [1.807, 2.05) is 30.4 Å². The minimum absolute atomic E-state index is 0.268. The third kappa shape index (κ3) is 4.91. The van der Waals surface area contributed by atoms with Gasteiger partial charge in [0.25, 0.3) is 0 Å². The van der Waals surface area contributed by atoms with Crippen LogP contribution < -0.4 is 0 Å². The number of fused-ring (bicyclic) bond motifs is 3. The van der Waals surface area contributed by atoms with Crippen LogP contribution in [0.5, 0.6) is 0 Å². The van der Waals surface area contributed by atoms with E-state index in [0.29, 0.717) is 17.0 Å². The molecule has 4 rings (SSSR count). The molecule has 33 heavy (non-hydrogen) atoms. The summed E-state index contributed by atoms with van der Waals surface area (Å²) in [7, 11) is -3.20. The standard InChI is InChI=1S/C27H25NO4S/c1-19(2)27(29)32-17-16-28-25-7-5-4-6-23(25)24-18-21(12-15-26(24)28)9-8-20-10-13-22(14-11-20)33(3,30)31/h4-15,18H,1,16-17H2,2-3H3/b9-8+. The summed E-state index contributed by atoms with van der Waals surface area (Å²) in [6.45, 7) is 6.07. The van der Waals surface area contributed by atoms with Gasteiger partial charge in [-0.15, -0.1) is 0 Å². The van der Waals surface area contributed by atoms with E-state index in [2.05, 4.69) is 35.4 Å². The van der Waals surface area contributed by atoms with Crippen LogP contribution in [0.3, 0.4) is 0 Å². The molecule has 0 saturated carbocycles. The minimum atomic E-state index is -3.20. The molecule has 0 atom stereocenters. The first-order chi connectivity index (χ1) is 15.7. The largest absolute Gasteiger partial charge is 0.460 e. The second-order valence-corrected chi connectivity index (χ2v) is 10.1. The molecule has 0 unspecified atom stereocenters. The first kappa shape index (κ1) is 22.6. The van der Waals surface area contributed by atoms with Crippen molar-refractivity contribution in [2.75, 3.05) is 12.9 Å². The van der Waals surface area contributed by atoms with Gasteiger partial charge in [0, 0.05) is 33.6 Å². The Morgan fingerprint density at radius 3 is 2.27 bits per heavy atom. The Labute approximate surface area is 193 Å². The lowest BCUT2D eigenvalue weighted by Crippen LogP contribution is -2.11. The van der Waals surface area contributed by atoms with E-state index in [4.69, 9.17) is 4.74 Å². The van der Waals surface area contributed by atoms with Crippen molar-refractivity contribution < 1.29 is 17.9 Å². The zero-order chi connectivity index (χ0) is 23.6. The fourth-order valence-corrected chi connectivity index (χ4v) is 4.42. The van der Waals surface area contributed by atoms with E-state index >= 15 is 0 Å². The average molecular weight is 460 g/mol. The van der Waals surface area contributed by atoms with Crippen molar-refractivity contribution in [3.63, 3.8) is 0 Å². The first-order valence-electron chi connectivity index (χ1n) is 10.6. The van der Waals surface area contributed by atoms with E-state index in [1.165, 1.54) is 6.26 Å². The van der Waals surface area contributed by atoms with Crippen LogP contribution in [0.2, 0.25) is 0 Å². The van der Waals surface area contributed by atoms with Gasteiger partial charge in [0.15, 0.2) is 9.84 Å². The highest BCUT2D eigenvalue weighted by atomic mass is 32.2. The molecule has 5 nitrogen and oxygen atoms in total. The Morgan fingerprint density at radius 2 is 1.58 bits per heavy atom. The van der Waals surface area contributed by atoms with E-state index < -0.39 is 9.84 Å². The quantitative estimate of drug-likeness (QED) is 0.208. The minimum Gasteiger partial charge on any atom is -0.460 e. The van der Waals surface area contributed by atoms with Gasteiger partial charge in [-0.05, 0) is 48.4 Å². The Kier molecular flexibility index (Phi) is 6.20. The molecule has 0 aliphatic rings. The second kappa shape index (κ2) is 9.08. The maximum Gasteiger partial charge on any atom is 0.333 e. The number of hydrogen-bond donors (Lipinski definition) is 0. The number of esters is 1. The molecular weight excluding hydrogens is 434 g/mol. The molecule has 4 aromatic rings. The molecule has 3 aromatic carbocycles. The van der Waals surface area contributed by atoms with Crippen LogP contribution in [0.15, 0.2) is 83.8 Å². The maximum absolute atomic E-state index is 11.7. The van der Waals surface area contributed by atoms with Crippen LogP contribution in [0.4, 0.5) is 0 Å². The lowest BCUT2D eigenvalue weighted by atomic mass is 10.1. The van der Waals surface area contributed by atoms with Gasteiger partial charge < -0.3 is 9.30 Å². The fourth-order valence-electron chi connectivity index (χ4n) is 3.79. The predicted octanol–water partition coefficient (Wildman–Crippen LogP) is 5.49. The van der Waals surface area contributed by atoms with E-state index in [1.54, 1.807) is 31.2 Å². The van der Waals surface area contributed by atoms with Gasteiger partial charge in [0.1, 0.15) is 6.61 Å².